The molecule has 1 amide bonds. The molecular weight excluding hydrogens is 206 g/mol. The highest BCUT2D eigenvalue weighted by Crippen LogP contribution is 1.59. The van der Waals surface area contributed by atoms with E-state index in [1.807, 2.05) is 0 Å². The third kappa shape index (κ3) is 45.3. The Balaban J connectivity index is -0.000000158. The van der Waals surface area contributed by atoms with Crippen LogP contribution >= 0.6 is 0 Å². The van der Waals surface area contributed by atoms with E-state index in [0.29, 0.717) is 0 Å². The first kappa shape index (κ1) is 19.2. The van der Waals surface area contributed by atoms with Crippen LogP contribution in [0, 0.1) is 0 Å². The standard InChI is InChI=1S/C4H7NO2.C2H4O3.C2H6O/c1-2-4(7)5-3-6;3-1-2(4)5;1-3-2/h2,6H,1,3H2,(H,5,7);3H,1H2,(H,4,5);1-2H3. The van der Waals surface area contributed by atoms with E-state index in [1.165, 1.54) is 0 Å². The normalized spacial score (nSPS) is 7.20. The predicted octanol–water partition coefficient (Wildman–Crippen LogP) is -1.44. The van der Waals surface area contributed by atoms with Crippen LogP contribution in [-0.2, 0) is 14.3 Å². The zero-order valence-corrected chi connectivity index (χ0v) is 8.77. The topological polar surface area (TPSA) is 116 Å². The number of amides is 1. The van der Waals surface area contributed by atoms with E-state index in [0.717, 1.165) is 6.08 Å². The van der Waals surface area contributed by atoms with Crippen molar-refractivity contribution in [2.45, 2.75) is 0 Å². The first-order valence-electron chi connectivity index (χ1n) is 3.73. The third-order valence-corrected chi connectivity index (χ3v) is 0.574. The molecule has 7 heteroatoms. The van der Waals surface area contributed by atoms with Crippen LogP contribution in [0.4, 0.5) is 0 Å². The lowest BCUT2D eigenvalue weighted by Gasteiger charge is -1.89. The summed E-state index contributed by atoms with van der Waals surface area (Å²) in [5.41, 5.74) is 0. The Kier molecular flexibility index (Phi) is 23.5. The summed E-state index contributed by atoms with van der Waals surface area (Å²) in [5.74, 6) is -1.55. The van der Waals surface area contributed by atoms with Gasteiger partial charge < -0.3 is 25.4 Å². The molecule has 0 aliphatic carbocycles. The number of aliphatic hydroxyl groups excluding tert-OH is 2. The number of carbonyl (C=O) groups excluding carboxylic acids is 1. The lowest BCUT2D eigenvalue weighted by molar-refractivity contribution is -0.140. The molecular formula is C8H17NO6. The molecule has 7 nitrogen and oxygen atoms in total. The largest absolute Gasteiger partial charge is 0.480 e. The van der Waals surface area contributed by atoms with Gasteiger partial charge in [-0.25, -0.2) is 4.79 Å². The van der Waals surface area contributed by atoms with Gasteiger partial charge in [0.1, 0.15) is 13.3 Å². The Morgan fingerprint density at radius 2 is 1.73 bits per heavy atom. The average Bonchev–Trinajstić information content (AvgIpc) is 2.20. The molecule has 0 aliphatic rings. The minimum atomic E-state index is -1.19. The van der Waals surface area contributed by atoms with Gasteiger partial charge in [-0.1, -0.05) is 6.58 Å². The lowest BCUT2D eigenvalue weighted by atomic mass is 10.6. The SMILES string of the molecule is C=CC(=O)NCO.COC.O=C(O)CO. The maximum absolute atomic E-state index is 10.0. The number of rotatable bonds is 3. The third-order valence-electron chi connectivity index (χ3n) is 0.574. The number of methoxy groups -OCH3 is 1. The Labute approximate surface area is 88.0 Å². The summed E-state index contributed by atoms with van der Waals surface area (Å²) in [4.78, 5) is 19.1. The molecule has 0 aromatic rings. The summed E-state index contributed by atoms with van der Waals surface area (Å²) in [6.45, 7) is 2.05. The van der Waals surface area contributed by atoms with Crippen LogP contribution in [0.15, 0.2) is 12.7 Å². The van der Waals surface area contributed by atoms with Crippen molar-refractivity contribution in [1.82, 2.24) is 5.32 Å². The minimum absolute atomic E-state index is 0.329. The number of aliphatic hydroxyl groups is 2. The van der Waals surface area contributed by atoms with Crippen LogP contribution in [0.25, 0.3) is 0 Å². The fraction of sp³-hybridized carbons (Fsp3) is 0.500. The van der Waals surface area contributed by atoms with Gasteiger partial charge in [-0.15, -0.1) is 0 Å². The molecule has 0 aliphatic heterocycles. The van der Waals surface area contributed by atoms with Crippen LogP contribution in [-0.4, -0.2) is 54.8 Å². The molecule has 0 aromatic heterocycles. The summed E-state index contributed by atoms with van der Waals surface area (Å²) in [6, 6.07) is 0. The number of carboxylic acids is 1. The molecule has 15 heavy (non-hydrogen) atoms. The van der Waals surface area contributed by atoms with Crippen molar-refractivity contribution >= 4 is 11.9 Å². The van der Waals surface area contributed by atoms with Gasteiger partial charge >= 0.3 is 5.97 Å². The smallest absolute Gasteiger partial charge is 0.329 e. The molecule has 0 rings (SSSR count). The van der Waals surface area contributed by atoms with E-state index in [9.17, 15) is 4.79 Å². The van der Waals surface area contributed by atoms with E-state index in [1.54, 1.807) is 14.2 Å². The zero-order chi connectivity index (χ0) is 12.7. The fourth-order valence-corrected chi connectivity index (χ4v) is 0.150. The minimum Gasteiger partial charge on any atom is -0.480 e. The molecule has 0 radical (unpaired) electrons. The molecule has 0 saturated carbocycles. The number of aliphatic carboxylic acids is 1. The Morgan fingerprint density at radius 1 is 1.40 bits per heavy atom. The van der Waals surface area contributed by atoms with Gasteiger partial charge in [0, 0.05) is 14.2 Å². The van der Waals surface area contributed by atoms with Crippen molar-refractivity contribution in [1.29, 1.82) is 0 Å². The molecule has 0 spiro atoms. The molecule has 0 aromatic carbocycles. The number of hydrogen-bond donors (Lipinski definition) is 4. The van der Waals surface area contributed by atoms with Gasteiger partial charge in [0.15, 0.2) is 0 Å². The van der Waals surface area contributed by atoms with Crippen LogP contribution in [0.1, 0.15) is 0 Å². The molecule has 90 valence electrons. The molecule has 0 fully saturated rings. The van der Waals surface area contributed by atoms with Crippen LogP contribution < -0.4 is 5.32 Å². The summed E-state index contributed by atoms with van der Waals surface area (Å²) in [5, 5.41) is 25.1. The number of carbonyl (C=O) groups is 2. The fourth-order valence-electron chi connectivity index (χ4n) is 0.150. The summed E-state index contributed by atoms with van der Waals surface area (Å²) < 4.78 is 4.25. The highest BCUT2D eigenvalue weighted by molar-refractivity contribution is 5.86. The van der Waals surface area contributed by atoms with Crippen LogP contribution in [0.2, 0.25) is 0 Å². The van der Waals surface area contributed by atoms with Gasteiger partial charge in [0.2, 0.25) is 5.91 Å². The second kappa shape index (κ2) is 18.4. The molecule has 0 bridgehead atoms. The van der Waals surface area contributed by atoms with Crippen LogP contribution in [0.5, 0.6) is 0 Å². The average molecular weight is 223 g/mol. The Bertz CT molecular complexity index is 171. The number of nitrogens with one attached hydrogen (secondary N) is 1. The number of hydrogen-bond acceptors (Lipinski definition) is 5. The van der Waals surface area contributed by atoms with E-state index in [4.69, 9.17) is 20.1 Å². The van der Waals surface area contributed by atoms with Crippen molar-refractivity contribution in [2.24, 2.45) is 0 Å². The van der Waals surface area contributed by atoms with E-state index in [-0.39, 0.29) is 12.6 Å². The second-order valence-corrected chi connectivity index (χ2v) is 1.86. The van der Waals surface area contributed by atoms with Crippen molar-refractivity contribution in [3.05, 3.63) is 12.7 Å². The first-order chi connectivity index (χ1) is 6.99. The van der Waals surface area contributed by atoms with Crippen molar-refractivity contribution in [2.75, 3.05) is 27.6 Å². The maximum atomic E-state index is 10.0. The van der Waals surface area contributed by atoms with Gasteiger partial charge in [0.05, 0.1) is 0 Å². The lowest BCUT2D eigenvalue weighted by Crippen LogP contribution is -2.20. The van der Waals surface area contributed by atoms with E-state index < -0.39 is 12.6 Å². The molecule has 0 unspecified atom stereocenters. The second-order valence-electron chi connectivity index (χ2n) is 1.86. The summed E-state index contributed by atoms with van der Waals surface area (Å²) in [7, 11) is 3.25. The highest BCUT2D eigenvalue weighted by Gasteiger charge is 1.84. The van der Waals surface area contributed by atoms with Crippen molar-refractivity contribution < 1.29 is 29.6 Å². The zero-order valence-electron chi connectivity index (χ0n) is 8.77. The first-order valence-corrected chi connectivity index (χ1v) is 3.73. The van der Waals surface area contributed by atoms with Gasteiger partial charge in [-0.3, -0.25) is 4.79 Å². The van der Waals surface area contributed by atoms with Gasteiger partial charge in [-0.2, -0.15) is 0 Å². The molecule has 0 atom stereocenters. The monoisotopic (exact) mass is 223 g/mol. The molecule has 0 saturated heterocycles. The molecule has 0 heterocycles. The van der Waals surface area contributed by atoms with Crippen molar-refractivity contribution in [3.63, 3.8) is 0 Å². The summed E-state index contributed by atoms with van der Waals surface area (Å²) >= 11 is 0. The van der Waals surface area contributed by atoms with Gasteiger partial charge in [0.25, 0.3) is 0 Å². The van der Waals surface area contributed by atoms with E-state index >= 15 is 0 Å². The Morgan fingerprint density at radius 3 is 1.80 bits per heavy atom. The number of carboxylic acid groups (broad SMARTS) is 1. The number of ether oxygens (including phenoxy) is 1. The van der Waals surface area contributed by atoms with Crippen molar-refractivity contribution in [3.8, 4) is 0 Å². The van der Waals surface area contributed by atoms with Crippen LogP contribution in [0.3, 0.4) is 0 Å². The van der Waals surface area contributed by atoms with Gasteiger partial charge in [-0.05, 0) is 6.08 Å². The quantitative estimate of drug-likeness (QED) is 0.344. The highest BCUT2D eigenvalue weighted by atomic mass is 16.4. The predicted molar refractivity (Wildman–Crippen MR) is 53.1 cm³/mol. The van der Waals surface area contributed by atoms with E-state index in [2.05, 4.69) is 16.6 Å². The summed E-state index contributed by atoms with van der Waals surface area (Å²) in [6.07, 6.45) is 1.09. The maximum Gasteiger partial charge on any atom is 0.329 e. The molecule has 4 N–H and O–H groups in total. The Hall–Kier alpha value is -1.44.